The number of para-hydroxylation sites is 2. The van der Waals surface area contributed by atoms with Crippen LogP contribution in [0.3, 0.4) is 0 Å². The van der Waals surface area contributed by atoms with Gasteiger partial charge in [0.25, 0.3) is 0 Å². The molecule has 3 aliphatic rings. The Kier molecular flexibility index (Phi) is 10.1. The quantitative estimate of drug-likeness (QED) is 0.515. The van der Waals surface area contributed by atoms with E-state index in [1.807, 2.05) is 16.8 Å². The number of hydrogen-bond donors (Lipinski definition) is 0. The van der Waals surface area contributed by atoms with Crippen molar-refractivity contribution in [1.29, 1.82) is 0 Å². The van der Waals surface area contributed by atoms with Crippen molar-refractivity contribution in [1.82, 2.24) is 19.6 Å². The molecule has 1 atom stereocenters. The number of carbonyl (C=O) groups is 1. The summed E-state index contributed by atoms with van der Waals surface area (Å²) in [4.78, 5) is 23.5. The number of halogens is 2. The second-order valence-electron chi connectivity index (χ2n) is 10.0. The lowest BCUT2D eigenvalue weighted by atomic mass is 10.1. The van der Waals surface area contributed by atoms with Crippen molar-refractivity contribution in [2.45, 2.75) is 6.92 Å². The number of hydrogen-bond acceptors (Lipinski definition) is 4. The summed E-state index contributed by atoms with van der Waals surface area (Å²) in [6.45, 7) is 12.4. The number of rotatable bonds is 7. The number of benzene rings is 2. The van der Waals surface area contributed by atoms with Gasteiger partial charge in [-0.1, -0.05) is 55.5 Å². The second-order valence-corrected chi connectivity index (χ2v) is 10.0. The summed E-state index contributed by atoms with van der Waals surface area (Å²) in [7, 11) is 1.89. The molecule has 1 unspecified atom stereocenters. The summed E-state index contributed by atoms with van der Waals surface area (Å²) in [5, 5.41) is 0. The molecule has 196 valence electrons. The lowest BCUT2D eigenvalue weighted by molar-refractivity contribution is 0.114. The normalized spacial score (nSPS) is 18.7. The largest absolute Gasteiger partial charge is 0.340 e. The molecule has 3 heterocycles. The van der Waals surface area contributed by atoms with Crippen LogP contribution < -0.4 is 4.90 Å². The molecule has 0 aliphatic carbocycles. The molecule has 0 aromatic heterocycles. The number of anilines is 2. The SMILES string of the molecule is CC(CN1CCN(CCN2CCN(C)C2=O)CC1)CN1c2ccccc2C=Cc2ccccc21.Cl.Cl. The Labute approximate surface area is 228 Å². The van der Waals surface area contributed by atoms with E-state index in [1.54, 1.807) is 0 Å². The molecular formula is C28H39Cl2N5O. The zero-order valence-corrected chi connectivity index (χ0v) is 23.0. The predicted molar refractivity (Wildman–Crippen MR) is 155 cm³/mol. The maximum atomic E-state index is 12.1. The molecule has 5 rings (SSSR count). The fraction of sp³-hybridized carbons (Fsp3) is 0.464. The predicted octanol–water partition coefficient (Wildman–Crippen LogP) is 4.77. The van der Waals surface area contributed by atoms with Gasteiger partial charge in [-0.3, -0.25) is 4.90 Å². The van der Waals surface area contributed by atoms with E-state index in [9.17, 15) is 4.79 Å². The second kappa shape index (κ2) is 12.8. The molecule has 0 saturated carbocycles. The Morgan fingerprint density at radius 1 is 0.722 bits per heavy atom. The van der Waals surface area contributed by atoms with Gasteiger partial charge in [-0.2, -0.15) is 0 Å². The standard InChI is InChI=1S/C28H37N5O.2ClH/c1-23(21-31-16-14-30(15-17-31)18-20-32-19-13-29(2)28(32)34)22-33-26-9-5-3-7-24(26)11-12-25-8-4-6-10-27(25)33;;/h3-12,23H,13-22H2,1-2H3;2*1H. The number of amides is 2. The smallest absolute Gasteiger partial charge is 0.319 e. The molecule has 2 fully saturated rings. The molecule has 2 amide bonds. The summed E-state index contributed by atoms with van der Waals surface area (Å²) in [6, 6.07) is 17.6. The van der Waals surface area contributed by atoms with Gasteiger partial charge in [-0.05, 0) is 29.2 Å². The van der Waals surface area contributed by atoms with Crippen molar-refractivity contribution in [3.63, 3.8) is 0 Å². The molecule has 3 aliphatic heterocycles. The molecule has 6 nitrogen and oxygen atoms in total. The van der Waals surface area contributed by atoms with Crippen molar-refractivity contribution in [3.05, 3.63) is 59.7 Å². The highest BCUT2D eigenvalue weighted by molar-refractivity contribution is 5.88. The number of piperazine rings is 1. The van der Waals surface area contributed by atoms with Crippen molar-refractivity contribution in [2.75, 3.05) is 77.4 Å². The highest BCUT2D eigenvalue weighted by atomic mass is 35.5. The molecular weight excluding hydrogens is 493 g/mol. The Morgan fingerprint density at radius 2 is 1.28 bits per heavy atom. The van der Waals surface area contributed by atoms with Crippen LogP contribution in [0.15, 0.2) is 48.5 Å². The molecule has 2 saturated heterocycles. The number of carbonyl (C=O) groups excluding carboxylic acids is 1. The molecule has 2 aromatic rings. The number of fused-ring (bicyclic) bond motifs is 2. The van der Waals surface area contributed by atoms with Crippen LogP contribution in [0.25, 0.3) is 12.2 Å². The Balaban J connectivity index is 0.00000180. The monoisotopic (exact) mass is 531 g/mol. The van der Waals surface area contributed by atoms with Gasteiger partial charge in [0.2, 0.25) is 0 Å². The van der Waals surface area contributed by atoms with E-state index in [0.29, 0.717) is 5.92 Å². The zero-order chi connectivity index (χ0) is 23.5. The van der Waals surface area contributed by atoms with Crippen LogP contribution >= 0.6 is 24.8 Å². The summed E-state index contributed by atoms with van der Waals surface area (Å²) < 4.78 is 0. The highest BCUT2D eigenvalue weighted by Gasteiger charge is 2.27. The third-order valence-corrected chi connectivity index (χ3v) is 7.42. The maximum Gasteiger partial charge on any atom is 0.319 e. The average molecular weight is 533 g/mol. The summed E-state index contributed by atoms with van der Waals surface area (Å²) in [5.74, 6) is 0.545. The maximum absolute atomic E-state index is 12.1. The fourth-order valence-electron chi connectivity index (χ4n) is 5.43. The van der Waals surface area contributed by atoms with Crippen LogP contribution in [0.1, 0.15) is 18.1 Å². The first-order valence-electron chi connectivity index (χ1n) is 12.7. The molecule has 36 heavy (non-hydrogen) atoms. The van der Waals surface area contributed by atoms with E-state index in [1.165, 1.54) is 22.5 Å². The van der Waals surface area contributed by atoms with Crippen LogP contribution in [0, 0.1) is 5.92 Å². The minimum absolute atomic E-state index is 0. The van der Waals surface area contributed by atoms with E-state index in [2.05, 4.69) is 82.3 Å². The van der Waals surface area contributed by atoms with Gasteiger partial charge in [0, 0.05) is 83.9 Å². The van der Waals surface area contributed by atoms with E-state index in [0.717, 1.165) is 65.4 Å². The summed E-state index contributed by atoms with van der Waals surface area (Å²) in [6.07, 6.45) is 4.48. The third-order valence-electron chi connectivity index (χ3n) is 7.42. The van der Waals surface area contributed by atoms with Gasteiger partial charge < -0.3 is 19.6 Å². The van der Waals surface area contributed by atoms with Crippen molar-refractivity contribution in [2.24, 2.45) is 5.92 Å². The Bertz CT molecular complexity index is 991. The molecule has 2 aromatic carbocycles. The molecule has 0 bridgehead atoms. The van der Waals surface area contributed by atoms with Gasteiger partial charge in [-0.15, -0.1) is 24.8 Å². The van der Waals surface area contributed by atoms with Crippen LogP contribution in [0.2, 0.25) is 0 Å². The molecule has 0 spiro atoms. The summed E-state index contributed by atoms with van der Waals surface area (Å²) in [5.41, 5.74) is 5.15. The molecule has 0 radical (unpaired) electrons. The highest BCUT2D eigenvalue weighted by Crippen LogP contribution is 2.36. The minimum atomic E-state index is 0. The zero-order valence-electron chi connectivity index (χ0n) is 21.4. The number of likely N-dealkylation sites (N-methyl/N-ethyl adjacent to an activating group) is 1. The van der Waals surface area contributed by atoms with Gasteiger partial charge in [-0.25, -0.2) is 4.79 Å². The number of nitrogens with zero attached hydrogens (tertiary/aromatic N) is 5. The van der Waals surface area contributed by atoms with Crippen molar-refractivity contribution < 1.29 is 4.79 Å². The fourth-order valence-corrected chi connectivity index (χ4v) is 5.43. The van der Waals surface area contributed by atoms with E-state index < -0.39 is 0 Å². The van der Waals surface area contributed by atoms with Crippen LogP contribution in [-0.2, 0) is 0 Å². The Hall–Kier alpha value is -2.25. The van der Waals surface area contributed by atoms with Crippen molar-refractivity contribution >= 4 is 54.4 Å². The molecule has 0 N–H and O–H groups in total. The van der Waals surface area contributed by atoms with E-state index >= 15 is 0 Å². The number of urea groups is 1. The minimum Gasteiger partial charge on any atom is -0.340 e. The first-order valence-corrected chi connectivity index (χ1v) is 12.7. The van der Waals surface area contributed by atoms with Crippen LogP contribution in [-0.4, -0.2) is 98.1 Å². The van der Waals surface area contributed by atoms with Gasteiger partial charge in [0.15, 0.2) is 0 Å². The topological polar surface area (TPSA) is 33.3 Å². The molecule has 8 heteroatoms. The lowest BCUT2D eigenvalue weighted by Crippen LogP contribution is -2.50. The lowest BCUT2D eigenvalue weighted by Gasteiger charge is -2.37. The van der Waals surface area contributed by atoms with Gasteiger partial charge in [0.1, 0.15) is 0 Å². The van der Waals surface area contributed by atoms with Gasteiger partial charge in [0.05, 0.1) is 0 Å². The summed E-state index contributed by atoms with van der Waals surface area (Å²) >= 11 is 0. The van der Waals surface area contributed by atoms with Gasteiger partial charge >= 0.3 is 6.03 Å². The van der Waals surface area contributed by atoms with E-state index in [-0.39, 0.29) is 30.8 Å². The van der Waals surface area contributed by atoms with Crippen LogP contribution in [0.4, 0.5) is 16.2 Å². The third kappa shape index (κ3) is 6.35. The first kappa shape index (κ1) is 28.3. The van der Waals surface area contributed by atoms with Crippen LogP contribution in [0.5, 0.6) is 0 Å². The average Bonchev–Trinajstić information content (AvgIpc) is 3.09. The first-order chi connectivity index (χ1) is 16.6. The Morgan fingerprint density at radius 3 is 1.83 bits per heavy atom. The van der Waals surface area contributed by atoms with Crippen molar-refractivity contribution in [3.8, 4) is 0 Å². The van der Waals surface area contributed by atoms with E-state index in [4.69, 9.17) is 0 Å².